The lowest BCUT2D eigenvalue weighted by atomic mass is 10.2. The second-order valence-electron chi connectivity index (χ2n) is 5.33. The van der Waals surface area contributed by atoms with Crippen molar-refractivity contribution in [2.24, 2.45) is 0 Å². The average Bonchev–Trinajstić information content (AvgIpc) is 2.67. The number of methoxy groups -OCH3 is 4. The molecule has 2 aromatic carbocycles. The van der Waals surface area contributed by atoms with Crippen molar-refractivity contribution < 1.29 is 23.7 Å². The molecule has 0 aliphatic heterocycles. The summed E-state index contributed by atoms with van der Waals surface area (Å²) < 4.78 is 21.0. The zero-order valence-corrected chi connectivity index (χ0v) is 16.3. The molecule has 0 unspecified atom stereocenters. The molecular formula is C19H23NO5S. The standard InChI is InChI=1S/C19H23NO5S/c1-12(26-14-7-9-17(24-4)18(11-14)25-5)19(21)20-15-10-13(22-2)6-8-16(15)23-3/h6-12H,1-5H3,(H,20,21)/t12-/m0/s1. The maximum Gasteiger partial charge on any atom is 0.237 e. The molecule has 1 N–H and O–H groups in total. The highest BCUT2D eigenvalue weighted by molar-refractivity contribution is 8.00. The van der Waals surface area contributed by atoms with Gasteiger partial charge in [-0.3, -0.25) is 4.79 Å². The lowest BCUT2D eigenvalue weighted by Crippen LogP contribution is -2.22. The number of nitrogens with one attached hydrogen (secondary N) is 1. The molecule has 26 heavy (non-hydrogen) atoms. The molecule has 0 saturated carbocycles. The number of hydrogen-bond acceptors (Lipinski definition) is 6. The van der Waals surface area contributed by atoms with Crippen LogP contribution in [0, 0.1) is 0 Å². The van der Waals surface area contributed by atoms with E-state index in [-0.39, 0.29) is 11.2 Å². The zero-order chi connectivity index (χ0) is 19.1. The van der Waals surface area contributed by atoms with Gasteiger partial charge < -0.3 is 24.3 Å². The van der Waals surface area contributed by atoms with Crippen molar-refractivity contribution >= 4 is 23.4 Å². The number of amides is 1. The minimum Gasteiger partial charge on any atom is -0.497 e. The third kappa shape index (κ3) is 4.76. The van der Waals surface area contributed by atoms with Crippen LogP contribution in [0.2, 0.25) is 0 Å². The molecule has 1 atom stereocenters. The monoisotopic (exact) mass is 377 g/mol. The SMILES string of the molecule is COc1ccc(OC)c(NC(=O)[C@H](C)Sc2ccc(OC)c(OC)c2)c1. The molecule has 0 aromatic heterocycles. The first-order chi connectivity index (χ1) is 12.5. The number of hydrogen-bond donors (Lipinski definition) is 1. The Morgan fingerprint density at radius 3 is 2.15 bits per heavy atom. The highest BCUT2D eigenvalue weighted by Crippen LogP contribution is 2.34. The maximum absolute atomic E-state index is 12.6. The van der Waals surface area contributed by atoms with Crippen molar-refractivity contribution in [1.82, 2.24) is 0 Å². The minimum atomic E-state index is -0.330. The number of anilines is 1. The van der Waals surface area contributed by atoms with E-state index in [0.717, 1.165) is 4.90 Å². The van der Waals surface area contributed by atoms with Crippen molar-refractivity contribution in [3.05, 3.63) is 36.4 Å². The smallest absolute Gasteiger partial charge is 0.237 e. The Balaban J connectivity index is 2.11. The van der Waals surface area contributed by atoms with Gasteiger partial charge in [-0.25, -0.2) is 0 Å². The van der Waals surface area contributed by atoms with Crippen molar-refractivity contribution in [3.8, 4) is 23.0 Å². The lowest BCUT2D eigenvalue weighted by molar-refractivity contribution is -0.115. The predicted octanol–water partition coefficient (Wildman–Crippen LogP) is 3.84. The van der Waals surface area contributed by atoms with Gasteiger partial charge in [0.05, 0.1) is 39.4 Å². The lowest BCUT2D eigenvalue weighted by Gasteiger charge is -2.16. The molecule has 2 rings (SSSR count). The first kappa shape index (κ1) is 19.8. The van der Waals surface area contributed by atoms with Gasteiger partial charge in [0.15, 0.2) is 11.5 Å². The topological polar surface area (TPSA) is 66.0 Å². The van der Waals surface area contributed by atoms with Gasteiger partial charge in [0.25, 0.3) is 0 Å². The summed E-state index contributed by atoms with van der Waals surface area (Å²) in [6.45, 7) is 1.84. The molecule has 0 bridgehead atoms. The molecular weight excluding hydrogens is 354 g/mol. The predicted molar refractivity (Wildman–Crippen MR) is 103 cm³/mol. The zero-order valence-electron chi connectivity index (χ0n) is 15.5. The van der Waals surface area contributed by atoms with Crippen LogP contribution in [0.5, 0.6) is 23.0 Å². The Labute approximate surface area is 157 Å². The van der Waals surface area contributed by atoms with E-state index in [9.17, 15) is 4.79 Å². The summed E-state index contributed by atoms with van der Waals surface area (Å²) in [6, 6.07) is 10.8. The van der Waals surface area contributed by atoms with E-state index in [2.05, 4.69) is 5.32 Å². The van der Waals surface area contributed by atoms with Gasteiger partial charge in [-0.05, 0) is 37.3 Å². The molecule has 2 aromatic rings. The summed E-state index contributed by atoms with van der Waals surface area (Å²) >= 11 is 1.42. The van der Waals surface area contributed by atoms with E-state index in [4.69, 9.17) is 18.9 Å². The van der Waals surface area contributed by atoms with Crippen LogP contribution in [0.25, 0.3) is 0 Å². The van der Waals surface area contributed by atoms with Crippen LogP contribution in [-0.2, 0) is 4.79 Å². The summed E-state index contributed by atoms with van der Waals surface area (Å²) in [7, 11) is 6.29. The van der Waals surface area contributed by atoms with Gasteiger partial charge in [-0.1, -0.05) is 0 Å². The number of carbonyl (C=O) groups is 1. The van der Waals surface area contributed by atoms with Crippen LogP contribution in [0.1, 0.15) is 6.92 Å². The molecule has 1 amide bonds. The summed E-state index contributed by atoms with van der Waals surface area (Å²) in [5, 5.41) is 2.56. The van der Waals surface area contributed by atoms with Crippen LogP contribution >= 0.6 is 11.8 Å². The van der Waals surface area contributed by atoms with E-state index >= 15 is 0 Å². The third-order valence-electron chi connectivity index (χ3n) is 3.70. The summed E-state index contributed by atoms with van der Waals surface area (Å²) in [5.74, 6) is 2.34. The molecule has 0 aliphatic carbocycles. The Hall–Kier alpha value is -2.54. The summed E-state index contributed by atoms with van der Waals surface area (Å²) in [4.78, 5) is 13.5. The maximum atomic E-state index is 12.6. The van der Waals surface area contributed by atoms with Crippen LogP contribution in [0.15, 0.2) is 41.3 Å². The first-order valence-corrected chi connectivity index (χ1v) is 8.82. The fourth-order valence-electron chi connectivity index (χ4n) is 2.29. The van der Waals surface area contributed by atoms with Crippen LogP contribution in [0.3, 0.4) is 0 Å². The molecule has 0 radical (unpaired) electrons. The third-order valence-corrected chi connectivity index (χ3v) is 4.80. The van der Waals surface area contributed by atoms with Crippen molar-refractivity contribution in [2.45, 2.75) is 17.1 Å². The number of thioether (sulfide) groups is 1. The molecule has 0 fully saturated rings. The number of ether oxygens (including phenoxy) is 4. The number of benzene rings is 2. The van der Waals surface area contributed by atoms with E-state index < -0.39 is 0 Å². The van der Waals surface area contributed by atoms with Gasteiger partial charge in [-0.2, -0.15) is 0 Å². The van der Waals surface area contributed by atoms with Gasteiger partial charge in [0.1, 0.15) is 11.5 Å². The quantitative estimate of drug-likeness (QED) is 0.705. The van der Waals surface area contributed by atoms with Gasteiger partial charge in [0.2, 0.25) is 5.91 Å². The summed E-state index contributed by atoms with van der Waals surface area (Å²) in [6.07, 6.45) is 0. The molecule has 140 valence electrons. The Morgan fingerprint density at radius 1 is 0.885 bits per heavy atom. The molecule has 6 nitrogen and oxygen atoms in total. The summed E-state index contributed by atoms with van der Waals surface area (Å²) in [5.41, 5.74) is 0.566. The molecule has 0 spiro atoms. The van der Waals surface area contributed by atoms with Crippen molar-refractivity contribution in [2.75, 3.05) is 33.8 Å². The molecule has 0 saturated heterocycles. The fraction of sp³-hybridized carbons (Fsp3) is 0.316. The van der Waals surface area contributed by atoms with Gasteiger partial charge >= 0.3 is 0 Å². The van der Waals surface area contributed by atoms with Crippen molar-refractivity contribution in [1.29, 1.82) is 0 Å². The van der Waals surface area contributed by atoms with E-state index in [0.29, 0.717) is 28.7 Å². The highest BCUT2D eigenvalue weighted by Gasteiger charge is 2.18. The molecule has 7 heteroatoms. The van der Waals surface area contributed by atoms with Crippen LogP contribution in [-0.4, -0.2) is 39.6 Å². The number of carbonyl (C=O) groups excluding carboxylic acids is 1. The number of rotatable bonds is 8. The largest absolute Gasteiger partial charge is 0.497 e. The second kappa shape index (κ2) is 9.24. The fourth-order valence-corrected chi connectivity index (χ4v) is 3.19. The first-order valence-electron chi connectivity index (χ1n) is 7.94. The Bertz CT molecular complexity index is 766. The van der Waals surface area contributed by atoms with Crippen molar-refractivity contribution in [3.63, 3.8) is 0 Å². The van der Waals surface area contributed by atoms with E-state index in [1.807, 2.05) is 25.1 Å². The average molecular weight is 377 g/mol. The highest BCUT2D eigenvalue weighted by atomic mass is 32.2. The van der Waals surface area contributed by atoms with E-state index in [1.54, 1.807) is 46.6 Å². The normalized spacial score (nSPS) is 11.4. The molecule has 0 heterocycles. The van der Waals surface area contributed by atoms with Crippen LogP contribution < -0.4 is 24.3 Å². The Kier molecular flexibility index (Phi) is 7.03. The van der Waals surface area contributed by atoms with Gasteiger partial charge in [-0.15, -0.1) is 11.8 Å². The van der Waals surface area contributed by atoms with E-state index in [1.165, 1.54) is 11.8 Å². The van der Waals surface area contributed by atoms with Gasteiger partial charge in [0, 0.05) is 11.0 Å². The Morgan fingerprint density at radius 2 is 1.54 bits per heavy atom. The van der Waals surface area contributed by atoms with Crippen LogP contribution in [0.4, 0.5) is 5.69 Å². The second-order valence-corrected chi connectivity index (χ2v) is 6.75. The molecule has 0 aliphatic rings. The minimum absolute atomic E-state index is 0.142.